The monoisotopic (exact) mass is 426 g/mol. The Bertz CT molecular complexity index is 1230. The molecule has 2 aromatic heterocycles. The fraction of sp³-hybridized carbons (Fsp3) is 0.136. The van der Waals surface area contributed by atoms with Gasteiger partial charge in [-0.25, -0.2) is 22.8 Å². The minimum atomic E-state index is -0.759. The van der Waals surface area contributed by atoms with Crippen molar-refractivity contribution < 1.29 is 22.4 Å². The first-order valence-electron chi connectivity index (χ1n) is 9.41. The Morgan fingerprint density at radius 3 is 2.55 bits per heavy atom. The summed E-state index contributed by atoms with van der Waals surface area (Å²) in [5.74, 6) is -1.29. The van der Waals surface area contributed by atoms with Crippen LogP contribution in [0.4, 0.5) is 19.0 Å². The number of nitrogens with one attached hydrogen (secondary N) is 1. The first-order valence-corrected chi connectivity index (χ1v) is 9.41. The van der Waals surface area contributed by atoms with Gasteiger partial charge in [0, 0.05) is 25.0 Å². The summed E-state index contributed by atoms with van der Waals surface area (Å²) in [6, 6.07) is 10.6. The number of rotatable bonds is 6. The number of hydrogen-bond donors (Lipinski definition) is 1. The molecule has 2 heterocycles. The van der Waals surface area contributed by atoms with Crippen molar-refractivity contribution in [2.45, 2.75) is 19.8 Å². The van der Waals surface area contributed by atoms with E-state index < -0.39 is 11.6 Å². The van der Waals surface area contributed by atoms with Crippen molar-refractivity contribution in [2.24, 2.45) is 0 Å². The third-order valence-corrected chi connectivity index (χ3v) is 4.49. The van der Waals surface area contributed by atoms with Crippen LogP contribution in [-0.2, 0) is 11.2 Å². The summed E-state index contributed by atoms with van der Waals surface area (Å²) in [5, 5.41) is 7.08. The lowest BCUT2D eigenvalue weighted by Crippen LogP contribution is -2.15. The van der Waals surface area contributed by atoms with Crippen LogP contribution in [0.25, 0.3) is 17.0 Å². The van der Waals surface area contributed by atoms with Crippen LogP contribution in [-0.4, -0.2) is 20.7 Å². The van der Waals surface area contributed by atoms with Crippen LogP contribution < -0.4 is 5.32 Å². The van der Waals surface area contributed by atoms with Crippen molar-refractivity contribution in [1.82, 2.24) is 14.8 Å². The number of carbonyl (C=O) groups excluding carboxylic acids is 1. The van der Waals surface area contributed by atoms with Crippen molar-refractivity contribution in [2.75, 3.05) is 5.32 Å². The molecule has 0 spiro atoms. The average molecular weight is 426 g/mol. The van der Waals surface area contributed by atoms with Crippen molar-refractivity contribution in [3.8, 4) is 17.0 Å². The Morgan fingerprint density at radius 2 is 1.81 bits per heavy atom. The molecule has 158 valence electrons. The van der Waals surface area contributed by atoms with E-state index in [2.05, 4.69) is 15.4 Å². The number of amides is 1. The molecule has 0 aliphatic rings. The van der Waals surface area contributed by atoms with E-state index in [-0.39, 0.29) is 41.8 Å². The summed E-state index contributed by atoms with van der Waals surface area (Å²) in [6.07, 6.45) is 1.56. The highest BCUT2D eigenvalue weighted by Crippen LogP contribution is 2.25. The van der Waals surface area contributed by atoms with Gasteiger partial charge in [-0.1, -0.05) is 0 Å². The minimum Gasteiger partial charge on any atom is -0.441 e. The SMILES string of the molecule is Cc1cc(NC(=O)CCc2ncc(-c3ccc(F)cc3F)o2)n(-c2ccc(F)cc2)n1. The Kier molecular flexibility index (Phi) is 5.57. The van der Waals surface area contributed by atoms with Gasteiger partial charge >= 0.3 is 0 Å². The summed E-state index contributed by atoms with van der Waals surface area (Å²) >= 11 is 0. The predicted molar refractivity (Wildman–Crippen MR) is 107 cm³/mol. The molecule has 0 saturated heterocycles. The molecule has 0 fully saturated rings. The molecule has 0 saturated carbocycles. The van der Waals surface area contributed by atoms with E-state index >= 15 is 0 Å². The van der Waals surface area contributed by atoms with E-state index in [4.69, 9.17) is 4.42 Å². The Morgan fingerprint density at radius 1 is 1.06 bits per heavy atom. The first kappa shape index (κ1) is 20.4. The summed E-state index contributed by atoms with van der Waals surface area (Å²) in [4.78, 5) is 16.5. The highest BCUT2D eigenvalue weighted by atomic mass is 19.1. The molecule has 1 amide bonds. The largest absolute Gasteiger partial charge is 0.441 e. The van der Waals surface area contributed by atoms with Crippen LogP contribution in [0.15, 0.2) is 59.1 Å². The molecule has 0 aliphatic heterocycles. The summed E-state index contributed by atoms with van der Waals surface area (Å²) in [6.45, 7) is 1.78. The maximum Gasteiger partial charge on any atom is 0.226 e. The van der Waals surface area contributed by atoms with Gasteiger partial charge in [0.15, 0.2) is 11.7 Å². The van der Waals surface area contributed by atoms with Crippen molar-refractivity contribution in [3.05, 3.63) is 83.8 Å². The zero-order chi connectivity index (χ0) is 22.0. The van der Waals surface area contributed by atoms with Crippen LogP contribution in [0.3, 0.4) is 0 Å². The van der Waals surface area contributed by atoms with E-state index in [9.17, 15) is 18.0 Å². The smallest absolute Gasteiger partial charge is 0.226 e. The number of nitrogens with zero attached hydrogens (tertiary/aromatic N) is 3. The van der Waals surface area contributed by atoms with Gasteiger partial charge in [0.2, 0.25) is 5.91 Å². The van der Waals surface area contributed by atoms with Gasteiger partial charge in [-0.2, -0.15) is 5.10 Å². The number of anilines is 1. The third kappa shape index (κ3) is 4.66. The molecule has 9 heteroatoms. The zero-order valence-corrected chi connectivity index (χ0v) is 16.4. The average Bonchev–Trinajstić information content (AvgIpc) is 3.33. The third-order valence-electron chi connectivity index (χ3n) is 4.49. The van der Waals surface area contributed by atoms with Crippen molar-refractivity contribution >= 4 is 11.7 Å². The van der Waals surface area contributed by atoms with Gasteiger partial charge in [-0.05, 0) is 43.3 Å². The van der Waals surface area contributed by atoms with E-state index in [0.29, 0.717) is 17.2 Å². The van der Waals surface area contributed by atoms with Crippen molar-refractivity contribution in [1.29, 1.82) is 0 Å². The maximum absolute atomic E-state index is 13.9. The molecule has 0 bridgehead atoms. The van der Waals surface area contributed by atoms with Gasteiger partial charge in [0.25, 0.3) is 0 Å². The molecule has 4 aromatic rings. The van der Waals surface area contributed by atoms with Gasteiger partial charge in [-0.3, -0.25) is 4.79 Å². The lowest BCUT2D eigenvalue weighted by atomic mass is 10.2. The van der Waals surface area contributed by atoms with E-state index in [1.54, 1.807) is 25.1 Å². The molecular weight excluding hydrogens is 409 g/mol. The summed E-state index contributed by atoms with van der Waals surface area (Å²) in [5.41, 5.74) is 1.37. The summed E-state index contributed by atoms with van der Waals surface area (Å²) < 4.78 is 47.1. The van der Waals surface area contributed by atoms with Gasteiger partial charge in [-0.15, -0.1) is 0 Å². The predicted octanol–water partition coefficient (Wildman–Crippen LogP) is 4.82. The lowest BCUT2D eigenvalue weighted by Gasteiger charge is -2.08. The van der Waals surface area contributed by atoms with E-state index in [1.807, 2.05) is 0 Å². The quantitative estimate of drug-likeness (QED) is 0.480. The van der Waals surface area contributed by atoms with E-state index in [0.717, 1.165) is 12.1 Å². The molecule has 6 nitrogen and oxygen atoms in total. The molecule has 1 N–H and O–H groups in total. The number of benzene rings is 2. The van der Waals surface area contributed by atoms with Gasteiger partial charge in [0.1, 0.15) is 23.3 Å². The standard InChI is InChI=1S/C22H17F3N4O2/c1-13-10-20(29(28-13)16-5-2-14(23)3-6-16)27-21(30)8-9-22-26-12-19(31-22)17-7-4-15(24)11-18(17)25/h2-7,10-12H,8-9H2,1H3,(H,27,30). The Balaban J connectivity index is 1.42. The maximum atomic E-state index is 13.9. The zero-order valence-electron chi connectivity index (χ0n) is 16.4. The lowest BCUT2D eigenvalue weighted by molar-refractivity contribution is -0.116. The van der Waals surface area contributed by atoms with Gasteiger partial charge < -0.3 is 9.73 Å². The summed E-state index contributed by atoms with van der Waals surface area (Å²) in [7, 11) is 0. The second-order valence-corrected chi connectivity index (χ2v) is 6.85. The molecule has 0 atom stereocenters. The van der Waals surface area contributed by atoms with E-state index in [1.165, 1.54) is 29.1 Å². The van der Waals surface area contributed by atoms with Crippen LogP contribution in [0.1, 0.15) is 18.0 Å². The molecule has 2 aromatic carbocycles. The molecule has 0 radical (unpaired) electrons. The number of oxazole rings is 1. The first-order chi connectivity index (χ1) is 14.9. The normalized spacial score (nSPS) is 11.0. The highest BCUT2D eigenvalue weighted by molar-refractivity contribution is 5.90. The fourth-order valence-electron chi connectivity index (χ4n) is 3.03. The fourth-order valence-corrected chi connectivity index (χ4v) is 3.03. The highest BCUT2D eigenvalue weighted by Gasteiger charge is 2.15. The Hall–Kier alpha value is -3.88. The van der Waals surface area contributed by atoms with Gasteiger partial charge in [0.05, 0.1) is 23.1 Å². The number of aromatic nitrogens is 3. The van der Waals surface area contributed by atoms with Crippen LogP contribution in [0.2, 0.25) is 0 Å². The van der Waals surface area contributed by atoms with Crippen LogP contribution in [0.5, 0.6) is 0 Å². The molecule has 4 rings (SSSR count). The second-order valence-electron chi connectivity index (χ2n) is 6.85. The van der Waals surface area contributed by atoms with Crippen LogP contribution in [0, 0.1) is 24.4 Å². The molecular formula is C22H17F3N4O2. The minimum absolute atomic E-state index is 0.0551. The van der Waals surface area contributed by atoms with Crippen LogP contribution >= 0.6 is 0 Å². The number of carbonyl (C=O) groups is 1. The number of hydrogen-bond acceptors (Lipinski definition) is 4. The molecule has 0 unspecified atom stereocenters. The number of aryl methyl sites for hydroxylation is 2. The number of halogens is 3. The molecule has 31 heavy (non-hydrogen) atoms. The topological polar surface area (TPSA) is 73.0 Å². The second kappa shape index (κ2) is 8.47. The molecule has 0 aliphatic carbocycles. The Labute approximate surface area is 175 Å². The van der Waals surface area contributed by atoms with Crippen molar-refractivity contribution in [3.63, 3.8) is 0 Å².